The van der Waals surface area contributed by atoms with E-state index in [1.165, 1.54) is 12.1 Å². The summed E-state index contributed by atoms with van der Waals surface area (Å²) in [6.07, 6.45) is -3.51. The summed E-state index contributed by atoms with van der Waals surface area (Å²) in [7, 11) is 0. The third-order valence-corrected chi connectivity index (χ3v) is 5.07. The Hall–Kier alpha value is -1.56. The van der Waals surface area contributed by atoms with Gasteiger partial charge in [0.1, 0.15) is 0 Å². The molecule has 1 atom stereocenters. The zero-order valence-electron chi connectivity index (χ0n) is 14.6. The second-order valence-electron chi connectivity index (χ2n) is 6.69. The van der Waals surface area contributed by atoms with Crippen LogP contribution in [-0.2, 0) is 6.18 Å². The van der Waals surface area contributed by atoms with Crippen molar-refractivity contribution in [2.24, 2.45) is 0 Å². The van der Waals surface area contributed by atoms with Crippen LogP contribution in [0.25, 0.3) is 0 Å². The molecule has 1 saturated heterocycles. The lowest BCUT2D eigenvalue weighted by Gasteiger charge is -2.32. The van der Waals surface area contributed by atoms with Gasteiger partial charge < -0.3 is 5.32 Å². The van der Waals surface area contributed by atoms with Crippen LogP contribution in [0.4, 0.5) is 13.2 Å². The van der Waals surface area contributed by atoms with Crippen molar-refractivity contribution in [3.05, 3.63) is 69.7 Å². The molecule has 26 heavy (non-hydrogen) atoms. The van der Waals surface area contributed by atoms with Crippen molar-refractivity contribution in [2.45, 2.75) is 25.6 Å². The zero-order valence-corrected chi connectivity index (χ0v) is 15.4. The van der Waals surface area contributed by atoms with Gasteiger partial charge >= 0.3 is 6.18 Å². The number of alkyl halides is 3. The molecule has 0 bridgehead atoms. The number of benzene rings is 2. The SMILES string of the molecule is Cc1ccc(C(c2ccc(Cl)c(C(F)(F)F)c2)N2CCCNCC2)cc1. The molecule has 1 aliphatic rings. The molecule has 1 aliphatic heterocycles. The molecule has 0 amide bonds. The molecule has 1 heterocycles. The topological polar surface area (TPSA) is 15.3 Å². The number of hydrogen-bond acceptors (Lipinski definition) is 2. The molecule has 3 rings (SSSR count). The average Bonchev–Trinajstić information content (AvgIpc) is 2.86. The van der Waals surface area contributed by atoms with E-state index in [0.717, 1.165) is 43.7 Å². The van der Waals surface area contributed by atoms with Crippen molar-refractivity contribution in [1.82, 2.24) is 10.2 Å². The van der Waals surface area contributed by atoms with Crippen molar-refractivity contribution in [3.63, 3.8) is 0 Å². The lowest BCUT2D eigenvalue weighted by atomic mass is 9.94. The number of halogens is 4. The molecule has 6 heteroatoms. The van der Waals surface area contributed by atoms with Crippen molar-refractivity contribution in [3.8, 4) is 0 Å². The molecule has 0 aliphatic carbocycles. The van der Waals surface area contributed by atoms with Gasteiger partial charge in [-0.2, -0.15) is 13.2 Å². The highest BCUT2D eigenvalue weighted by Gasteiger charge is 2.34. The standard InChI is InChI=1S/C20H22ClF3N2/c1-14-3-5-15(6-4-14)19(26-11-2-9-25-10-12-26)16-7-8-18(21)17(13-16)20(22,23)24/h3-8,13,19,25H,2,9-12H2,1H3. The summed E-state index contributed by atoms with van der Waals surface area (Å²) >= 11 is 5.82. The van der Waals surface area contributed by atoms with Gasteiger partial charge in [0.05, 0.1) is 16.6 Å². The molecular formula is C20H22ClF3N2. The molecule has 1 unspecified atom stereocenters. The largest absolute Gasteiger partial charge is 0.417 e. The third kappa shape index (κ3) is 4.40. The lowest BCUT2D eigenvalue weighted by Crippen LogP contribution is -2.33. The summed E-state index contributed by atoms with van der Waals surface area (Å²) in [6, 6.07) is 12.0. The van der Waals surface area contributed by atoms with Crippen LogP contribution < -0.4 is 5.32 Å². The van der Waals surface area contributed by atoms with Gasteiger partial charge in [-0.3, -0.25) is 4.90 Å². The maximum atomic E-state index is 13.3. The Morgan fingerprint density at radius 2 is 1.69 bits per heavy atom. The second-order valence-corrected chi connectivity index (χ2v) is 7.10. The minimum atomic E-state index is -4.47. The van der Waals surface area contributed by atoms with E-state index in [1.807, 2.05) is 31.2 Å². The Bertz CT molecular complexity index is 736. The van der Waals surface area contributed by atoms with Crippen LogP contribution in [0.2, 0.25) is 5.02 Å². The van der Waals surface area contributed by atoms with Crippen molar-refractivity contribution < 1.29 is 13.2 Å². The number of nitrogens with one attached hydrogen (secondary N) is 1. The maximum absolute atomic E-state index is 13.3. The molecule has 1 N–H and O–H groups in total. The van der Waals surface area contributed by atoms with Crippen molar-refractivity contribution >= 4 is 11.6 Å². The Balaban J connectivity index is 2.06. The van der Waals surface area contributed by atoms with Crippen LogP contribution in [0.5, 0.6) is 0 Å². The van der Waals surface area contributed by atoms with Crippen molar-refractivity contribution in [1.29, 1.82) is 0 Å². The molecule has 0 spiro atoms. The van der Waals surface area contributed by atoms with Crippen LogP contribution >= 0.6 is 11.6 Å². The van der Waals surface area contributed by atoms with Gasteiger partial charge in [0, 0.05) is 19.6 Å². The first kappa shape index (κ1) is 19.2. The monoisotopic (exact) mass is 382 g/mol. The van der Waals surface area contributed by atoms with Crippen LogP contribution in [0.3, 0.4) is 0 Å². The second kappa shape index (κ2) is 7.99. The smallest absolute Gasteiger partial charge is 0.315 e. The van der Waals surface area contributed by atoms with E-state index in [-0.39, 0.29) is 11.1 Å². The minimum Gasteiger partial charge on any atom is -0.315 e. The van der Waals surface area contributed by atoms with E-state index in [0.29, 0.717) is 5.56 Å². The van der Waals surface area contributed by atoms with E-state index in [1.54, 1.807) is 6.07 Å². The molecule has 0 aromatic heterocycles. The first-order valence-corrected chi connectivity index (χ1v) is 9.12. The van der Waals surface area contributed by atoms with Crippen LogP contribution in [0.15, 0.2) is 42.5 Å². The highest BCUT2D eigenvalue weighted by Crippen LogP contribution is 2.38. The first-order chi connectivity index (χ1) is 12.4. The molecule has 2 aromatic carbocycles. The molecule has 2 aromatic rings. The summed E-state index contributed by atoms with van der Waals surface area (Å²) in [4.78, 5) is 2.24. The third-order valence-electron chi connectivity index (χ3n) is 4.74. The Labute approximate surface area is 157 Å². The van der Waals surface area contributed by atoms with E-state index in [4.69, 9.17) is 11.6 Å². The Morgan fingerprint density at radius 1 is 1.00 bits per heavy atom. The molecule has 0 saturated carbocycles. The van der Waals surface area contributed by atoms with Gasteiger partial charge in [0.15, 0.2) is 0 Å². The lowest BCUT2D eigenvalue weighted by molar-refractivity contribution is -0.137. The van der Waals surface area contributed by atoms with E-state index in [9.17, 15) is 13.2 Å². The van der Waals surface area contributed by atoms with Gasteiger partial charge in [-0.15, -0.1) is 0 Å². The number of aryl methyl sites for hydroxylation is 1. The predicted octanol–water partition coefficient (Wildman–Crippen LogP) is 5.05. The number of rotatable bonds is 3. The number of hydrogen-bond donors (Lipinski definition) is 1. The quantitative estimate of drug-likeness (QED) is 0.798. The molecule has 0 radical (unpaired) electrons. The summed E-state index contributed by atoms with van der Waals surface area (Å²) in [5.74, 6) is 0. The molecule has 2 nitrogen and oxygen atoms in total. The van der Waals surface area contributed by atoms with Crippen LogP contribution in [-0.4, -0.2) is 31.1 Å². The van der Waals surface area contributed by atoms with Gasteiger partial charge in [-0.1, -0.05) is 47.5 Å². The Morgan fingerprint density at radius 3 is 2.38 bits per heavy atom. The maximum Gasteiger partial charge on any atom is 0.417 e. The van der Waals surface area contributed by atoms with Gasteiger partial charge in [-0.05, 0) is 43.1 Å². The fourth-order valence-corrected chi connectivity index (χ4v) is 3.64. The first-order valence-electron chi connectivity index (χ1n) is 8.74. The molecular weight excluding hydrogens is 361 g/mol. The summed E-state index contributed by atoms with van der Waals surface area (Å²) in [5.41, 5.74) is 1.96. The minimum absolute atomic E-state index is 0.228. The van der Waals surface area contributed by atoms with Gasteiger partial charge in [-0.25, -0.2) is 0 Å². The Kier molecular flexibility index (Phi) is 5.90. The van der Waals surface area contributed by atoms with Crippen LogP contribution in [0.1, 0.15) is 34.7 Å². The van der Waals surface area contributed by atoms with Crippen molar-refractivity contribution in [2.75, 3.05) is 26.2 Å². The fourth-order valence-electron chi connectivity index (χ4n) is 3.42. The predicted molar refractivity (Wildman–Crippen MR) is 98.5 cm³/mol. The number of nitrogens with zero attached hydrogens (tertiary/aromatic N) is 1. The van der Waals surface area contributed by atoms with Crippen LogP contribution in [0, 0.1) is 6.92 Å². The van der Waals surface area contributed by atoms with Gasteiger partial charge in [0.25, 0.3) is 0 Å². The normalized spacial score (nSPS) is 17.7. The highest BCUT2D eigenvalue weighted by atomic mass is 35.5. The molecule has 1 fully saturated rings. The van der Waals surface area contributed by atoms with E-state index in [2.05, 4.69) is 10.2 Å². The zero-order chi connectivity index (χ0) is 18.7. The average molecular weight is 383 g/mol. The van der Waals surface area contributed by atoms with E-state index < -0.39 is 11.7 Å². The van der Waals surface area contributed by atoms with Gasteiger partial charge in [0.2, 0.25) is 0 Å². The summed E-state index contributed by atoms with van der Waals surface area (Å²) in [6.45, 7) is 5.35. The summed E-state index contributed by atoms with van der Waals surface area (Å²) in [5, 5.41) is 3.08. The molecule has 140 valence electrons. The van der Waals surface area contributed by atoms with E-state index >= 15 is 0 Å². The summed E-state index contributed by atoms with van der Waals surface area (Å²) < 4.78 is 40.0. The fraction of sp³-hybridized carbons (Fsp3) is 0.400. The highest BCUT2D eigenvalue weighted by molar-refractivity contribution is 6.31.